The first kappa shape index (κ1) is 21.7. The Morgan fingerprint density at radius 2 is 1.73 bits per heavy atom. The second-order valence-electron chi connectivity index (χ2n) is 7.61. The van der Waals surface area contributed by atoms with Crippen LogP contribution in [0.25, 0.3) is 0 Å². The Morgan fingerprint density at radius 3 is 2.37 bits per heavy atom. The fourth-order valence-electron chi connectivity index (χ4n) is 3.43. The quantitative estimate of drug-likeness (QED) is 0.772. The Morgan fingerprint density at radius 1 is 1.10 bits per heavy atom. The molecule has 0 aromatic heterocycles. The first-order chi connectivity index (χ1) is 14.4. The molecule has 2 aliphatic heterocycles. The summed E-state index contributed by atoms with van der Waals surface area (Å²) in [5.41, 5.74) is 0. The molecule has 9 heteroatoms. The number of amides is 3. The van der Waals surface area contributed by atoms with E-state index in [4.69, 9.17) is 14.2 Å². The zero-order chi connectivity index (χ0) is 21.7. The minimum atomic E-state index is -0.824. The second kappa shape index (κ2) is 9.69. The van der Waals surface area contributed by atoms with Crippen LogP contribution in [-0.2, 0) is 14.3 Å². The van der Waals surface area contributed by atoms with E-state index < -0.39 is 12.1 Å². The van der Waals surface area contributed by atoms with Crippen LogP contribution in [0.15, 0.2) is 24.3 Å². The summed E-state index contributed by atoms with van der Waals surface area (Å²) in [5.74, 6) is 0.436. The van der Waals surface area contributed by atoms with Crippen LogP contribution in [0.1, 0.15) is 20.8 Å². The summed E-state index contributed by atoms with van der Waals surface area (Å²) in [6.45, 7) is 7.51. The standard InChI is InChI=1S/C21H29N3O6/c1-4-28-21(27)24-11-9-23(10-12-24)20(26)18(14(2)3)22-19(25)17-13-29-15-7-5-6-8-16(15)30-17/h5-8,14,17-18H,4,9-13H2,1-3H3,(H,22,25)/t17-,18+/m0/s1. The number of carbonyl (C=O) groups is 3. The van der Waals surface area contributed by atoms with Crippen LogP contribution in [0.4, 0.5) is 4.79 Å². The van der Waals surface area contributed by atoms with Gasteiger partial charge in [-0.1, -0.05) is 26.0 Å². The van der Waals surface area contributed by atoms with Crippen molar-refractivity contribution in [1.82, 2.24) is 15.1 Å². The van der Waals surface area contributed by atoms with E-state index in [-0.39, 0.29) is 30.4 Å². The molecule has 0 unspecified atom stereocenters. The van der Waals surface area contributed by atoms with Crippen LogP contribution in [0.5, 0.6) is 11.5 Å². The SMILES string of the molecule is CCOC(=O)N1CCN(C(=O)[C@H](NC(=O)[C@@H]2COc3ccccc3O2)C(C)C)CC1. The lowest BCUT2D eigenvalue weighted by Gasteiger charge is -2.37. The number of hydrogen-bond donors (Lipinski definition) is 1. The minimum Gasteiger partial charge on any atom is -0.485 e. The third-order valence-electron chi connectivity index (χ3n) is 5.15. The predicted molar refractivity (Wildman–Crippen MR) is 108 cm³/mol. The number of rotatable bonds is 5. The van der Waals surface area contributed by atoms with Gasteiger partial charge >= 0.3 is 6.09 Å². The molecule has 0 spiro atoms. The van der Waals surface area contributed by atoms with Gasteiger partial charge < -0.3 is 29.3 Å². The van der Waals surface area contributed by atoms with Gasteiger partial charge in [0.15, 0.2) is 11.5 Å². The van der Waals surface area contributed by atoms with Crippen LogP contribution in [0.3, 0.4) is 0 Å². The minimum absolute atomic E-state index is 0.0834. The van der Waals surface area contributed by atoms with Crippen molar-refractivity contribution in [1.29, 1.82) is 0 Å². The molecule has 0 aliphatic carbocycles. The molecule has 0 saturated carbocycles. The topological polar surface area (TPSA) is 97.4 Å². The number of hydrogen-bond acceptors (Lipinski definition) is 6. The number of nitrogens with one attached hydrogen (secondary N) is 1. The molecule has 0 radical (unpaired) electrons. The lowest BCUT2D eigenvalue weighted by Crippen LogP contribution is -2.59. The van der Waals surface area contributed by atoms with Crippen LogP contribution in [-0.4, -0.2) is 79.2 Å². The van der Waals surface area contributed by atoms with Crippen LogP contribution in [0.2, 0.25) is 0 Å². The molecule has 0 bridgehead atoms. The first-order valence-corrected chi connectivity index (χ1v) is 10.3. The summed E-state index contributed by atoms with van der Waals surface area (Å²) >= 11 is 0. The van der Waals surface area contributed by atoms with Crippen molar-refractivity contribution in [2.45, 2.75) is 32.9 Å². The third-order valence-corrected chi connectivity index (χ3v) is 5.15. The van der Waals surface area contributed by atoms with Gasteiger partial charge in [-0.2, -0.15) is 0 Å². The van der Waals surface area contributed by atoms with E-state index in [1.165, 1.54) is 0 Å². The highest BCUT2D eigenvalue weighted by Crippen LogP contribution is 2.31. The van der Waals surface area contributed by atoms with Gasteiger partial charge in [0.05, 0.1) is 6.61 Å². The zero-order valence-electron chi connectivity index (χ0n) is 17.6. The van der Waals surface area contributed by atoms with Crippen LogP contribution in [0, 0.1) is 5.92 Å². The van der Waals surface area contributed by atoms with E-state index >= 15 is 0 Å². The van der Waals surface area contributed by atoms with Crippen molar-refractivity contribution in [3.8, 4) is 11.5 Å². The molecule has 1 aromatic carbocycles. The number of fused-ring (bicyclic) bond motifs is 1. The van der Waals surface area contributed by atoms with Gasteiger partial charge in [-0.15, -0.1) is 0 Å². The largest absolute Gasteiger partial charge is 0.485 e. The summed E-state index contributed by atoms with van der Waals surface area (Å²) in [4.78, 5) is 40.9. The van der Waals surface area contributed by atoms with Gasteiger partial charge in [0.2, 0.25) is 12.0 Å². The van der Waals surface area contributed by atoms with Gasteiger partial charge in [0.25, 0.3) is 5.91 Å². The van der Waals surface area contributed by atoms with Gasteiger partial charge in [0.1, 0.15) is 12.6 Å². The normalized spacial score (nSPS) is 19.3. The average molecular weight is 419 g/mol. The van der Waals surface area contributed by atoms with Crippen molar-refractivity contribution in [3.63, 3.8) is 0 Å². The molecule has 1 fully saturated rings. The molecule has 1 aromatic rings. The summed E-state index contributed by atoms with van der Waals surface area (Å²) in [5, 5.41) is 2.83. The smallest absolute Gasteiger partial charge is 0.409 e. The van der Waals surface area contributed by atoms with Crippen LogP contribution >= 0.6 is 0 Å². The van der Waals surface area contributed by atoms with E-state index in [0.29, 0.717) is 44.3 Å². The monoisotopic (exact) mass is 419 g/mol. The molecule has 164 valence electrons. The molecule has 9 nitrogen and oxygen atoms in total. The lowest BCUT2D eigenvalue weighted by atomic mass is 10.0. The number of nitrogens with zero attached hydrogens (tertiary/aromatic N) is 2. The van der Waals surface area contributed by atoms with E-state index in [0.717, 1.165) is 0 Å². The second-order valence-corrected chi connectivity index (χ2v) is 7.61. The Hall–Kier alpha value is -2.97. The molecule has 3 rings (SSSR count). The predicted octanol–water partition coefficient (Wildman–Crippen LogP) is 1.27. The Balaban J connectivity index is 1.57. The molecule has 1 N–H and O–H groups in total. The lowest BCUT2D eigenvalue weighted by molar-refractivity contribution is -0.141. The Bertz CT molecular complexity index is 776. The summed E-state index contributed by atoms with van der Waals surface area (Å²) in [7, 11) is 0. The van der Waals surface area contributed by atoms with Crippen molar-refractivity contribution < 1.29 is 28.6 Å². The number of carbonyl (C=O) groups excluding carboxylic acids is 3. The molecule has 30 heavy (non-hydrogen) atoms. The van der Waals surface area contributed by atoms with Gasteiger partial charge in [-0.25, -0.2) is 4.79 Å². The molecule has 2 heterocycles. The Labute approximate surface area is 176 Å². The van der Waals surface area contributed by atoms with Crippen molar-refractivity contribution in [2.75, 3.05) is 39.4 Å². The highest BCUT2D eigenvalue weighted by atomic mass is 16.6. The van der Waals surface area contributed by atoms with Gasteiger partial charge in [0, 0.05) is 26.2 Å². The maximum absolute atomic E-state index is 13.1. The molecule has 1 saturated heterocycles. The average Bonchev–Trinajstić information content (AvgIpc) is 2.76. The van der Waals surface area contributed by atoms with E-state index in [1.54, 1.807) is 34.9 Å². The fraction of sp³-hybridized carbons (Fsp3) is 0.571. The fourth-order valence-corrected chi connectivity index (χ4v) is 3.43. The zero-order valence-corrected chi connectivity index (χ0v) is 17.6. The van der Waals surface area contributed by atoms with E-state index in [1.807, 2.05) is 19.9 Å². The van der Waals surface area contributed by atoms with Crippen molar-refractivity contribution in [3.05, 3.63) is 24.3 Å². The van der Waals surface area contributed by atoms with Crippen molar-refractivity contribution in [2.24, 2.45) is 5.92 Å². The highest BCUT2D eigenvalue weighted by Gasteiger charge is 2.35. The number of benzene rings is 1. The summed E-state index contributed by atoms with van der Waals surface area (Å²) in [6.07, 6.45) is -1.19. The Kier molecular flexibility index (Phi) is 7.02. The highest BCUT2D eigenvalue weighted by molar-refractivity contribution is 5.90. The van der Waals surface area contributed by atoms with Gasteiger partial charge in [-0.3, -0.25) is 9.59 Å². The van der Waals surface area contributed by atoms with Crippen molar-refractivity contribution >= 4 is 17.9 Å². The third kappa shape index (κ3) is 4.95. The molecular formula is C21H29N3O6. The molecule has 3 amide bonds. The van der Waals surface area contributed by atoms with Crippen LogP contribution < -0.4 is 14.8 Å². The summed E-state index contributed by atoms with van der Waals surface area (Å²) in [6, 6.07) is 6.46. The maximum Gasteiger partial charge on any atom is 0.409 e. The van der Waals surface area contributed by atoms with Gasteiger partial charge in [-0.05, 0) is 25.0 Å². The summed E-state index contributed by atoms with van der Waals surface area (Å²) < 4.78 is 16.4. The number of para-hydroxylation sites is 2. The molecular weight excluding hydrogens is 390 g/mol. The molecule has 2 aliphatic rings. The number of piperazine rings is 1. The first-order valence-electron chi connectivity index (χ1n) is 10.3. The number of ether oxygens (including phenoxy) is 3. The molecule has 2 atom stereocenters. The van der Waals surface area contributed by atoms with E-state index in [9.17, 15) is 14.4 Å². The maximum atomic E-state index is 13.1. The van der Waals surface area contributed by atoms with E-state index in [2.05, 4.69) is 5.32 Å².